The maximum Gasteiger partial charge on any atom is 0.247 e. The van der Waals surface area contributed by atoms with Gasteiger partial charge in [-0.15, -0.1) is 0 Å². The molecule has 0 radical (unpaired) electrons. The predicted octanol–water partition coefficient (Wildman–Crippen LogP) is -1.35. The van der Waals surface area contributed by atoms with Crippen molar-refractivity contribution < 1.29 is 14.8 Å². The maximum atomic E-state index is 11.7. The fourth-order valence-electron chi connectivity index (χ4n) is 2.32. The van der Waals surface area contributed by atoms with Gasteiger partial charge in [0.15, 0.2) is 0 Å². The van der Waals surface area contributed by atoms with E-state index < -0.39 is 16.8 Å². The lowest BCUT2D eigenvalue weighted by atomic mass is 9.89. The number of hydrogen-bond acceptors (Lipinski definition) is 6. The summed E-state index contributed by atoms with van der Waals surface area (Å²) in [4.78, 5) is 45.4. The minimum absolute atomic E-state index is 0.0167. The van der Waals surface area contributed by atoms with Crippen LogP contribution in [0.5, 0.6) is 0 Å². The summed E-state index contributed by atoms with van der Waals surface area (Å²) in [5.41, 5.74) is -0.0293. The van der Waals surface area contributed by atoms with Crippen LogP contribution in [0.1, 0.15) is 45.4 Å². The third kappa shape index (κ3) is 6.70. The molecule has 1 rings (SSSR count). The van der Waals surface area contributed by atoms with Gasteiger partial charge in [0.25, 0.3) is 0 Å². The van der Waals surface area contributed by atoms with Crippen LogP contribution in [0, 0.1) is 0 Å². The normalized spacial score (nSPS) is 10.6. The Morgan fingerprint density at radius 2 is 1.80 bits per heavy atom. The predicted molar refractivity (Wildman–Crippen MR) is 97.9 cm³/mol. The summed E-state index contributed by atoms with van der Waals surface area (Å²) in [7, 11) is 1.61. The summed E-state index contributed by atoms with van der Waals surface area (Å²) >= 11 is 0. The second-order valence-corrected chi connectivity index (χ2v) is 6.01. The summed E-state index contributed by atoms with van der Waals surface area (Å²) < 4.78 is 0. The number of hydroxylamine groups is 2. The first-order valence-electron chi connectivity index (χ1n) is 8.68. The highest BCUT2D eigenvalue weighted by atomic mass is 16.5. The molecule has 3 N–H and O–H groups in total. The number of carbonyl (C=O) groups excluding carboxylic acids is 2. The van der Waals surface area contributed by atoms with Crippen molar-refractivity contribution in [2.24, 2.45) is 0 Å². The smallest absolute Gasteiger partial charge is 0.247 e. The molecule has 0 spiro atoms. The van der Waals surface area contributed by atoms with Crippen LogP contribution in [-0.4, -0.2) is 49.6 Å². The molecule has 138 valence electrons. The molecule has 1 aromatic rings. The average molecular weight is 351 g/mol. The van der Waals surface area contributed by atoms with Crippen molar-refractivity contribution in [3.8, 4) is 0 Å². The molecule has 9 heteroatoms. The lowest BCUT2D eigenvalue weighted by molar-refractivity contribution is -0.166. The maximum absolute atomic E-state index is 11.7. The van der Waals surface area contributed by atoms with Crippen molar-refractivity contribution in [1.82, 2.24) is 10.4 Å². The molecule has 1 aromatic carbocycles. The highest BCUT2D eigenvalue weighted by Gasteiger charge is 2.15. The molecular formula is C16H26BN3O5. The number of nitrogens with zero attached hydrogens (tertiary/aromatic N) is 1. The van der Waals surface area contributed by atoms with Gasteiger partial charge in [-0.05, 0) is 31.1 Å². The van der Waals surface area contributed by atoms with Crippen LogP contribution in [0.15, 0.2) is 9.59 Å². The fourth-order valence-corrected chi connectivity index (χ4v) is 2.32. The Balaban J connectivity index is 2.09. The summed E-state index contributed by atoms with van der Waals surface area (Å²) in [5.74, 6) is -0.660. The van der Waals surface area contributed by atoms with Crippen LogP contribution < -0.4 is 27.0 Å². The zero-order valence-corrected chi connectivity index (χ0v) is 14.9. The van der Waals surface area contributed by atoms with Crippen LogP contribution in [0.2, 0.25) is 0 Å². The Hall–Kier alpha value is -2.16. The van der Waals surface area contributed by atoms with E-state index in [1.54, 1.807) is 7.85 Å². The first kappa shape index (κ1) is 20.9. The first-order valence-corrected chi connectivity index (χ1v) is 8.68. The number of amides is 2. The molecule has 0 aliphatic carbocycles. The van der Waals surface area contributed by atoms with E-state index in [0.717, 1.165) is 19.3 Å². The third-order valence-corrected chi connectivity index (χ3v) is 3.92. The number of unbranched alkanes of at least 4 members (excludes halogenated alkanes) is 2. The van der Waals surface area contributed by atoms with E-state index in [1.165, 1.54) is 0 Å². The number of hydrogen-bond donors (Lipinski definition) is 3. The molecule has 0 fully saturated rings. The molecule has 0 unspecified atom stereocenters. The van der Waals surface area contributed by atoms with E-state index in [1.807, 2.05) is 6.92 Å². The molecular weight excluding hydrogens is 325 g/mol. The van der Waals surface area contributed by atoms with Crippen LogP contribution in [0.4, 0.5) is 5.69 Å². The van der Waals surface area contributed by atoms with E-state index in [0.29, 0.717) is 35.7 Å². The van der Waals surface area contributed by atoms with Gasteiger partial charge >= 0.3 is 0 Å². The minimum atomic E-state index is -0.468. The van der Waals surface area contributed by atoms with Crippen molar-refractivity contribution in [2.45, 2.75) is 45.4 Å². The van der Waals surface area contributed by atoms with E-state index in [2.05, 4.69) is 10.6 Å². The van der Waals surface area contributed by atoms with Gasteiger partial charge in [-0.3, -0.25) is 24.4 Å². The number of nitrogens with one attached hydrogen (secondary N) is 2. The molecule has 0 saturated carbocycles. The van der Waals surface area contributed by atoms with Gasteiger partial charge in [0.05, 0.1) is 5.69 Å². The molecule has 0 aliphatic rings. The van der Waals surface area contributed by atoms with E-state index in [-0.39, 0.29) is 25.3 Å². The Kier molecular flexibility index (Phi) is 8.90. The number of carbonyl (C=O) groups is 2. The minimum Gasteiger partial charge on any atom is -0.382 e. The lowest BCUT2D eigenvalue weighted by Crippen LogP contribution is -2.49. The van der Waals surface area contributed by atoms with Gasteiger partial charge in [0.2, 0.25) is 22.7 Å². The molecule has 0 atom stereocenters. The monoisotopic (exact) mass is 351 g/mol. The second-order valence-electron chi connectivity index (χ2n) is 6.01. The van der Waals surface area contributed by atoms with Gasteiger partial charge in [0.1, 0.15) is 7.85 Å². The highest BCUT2D eigenvalue weighted by Crippen LogP contribution is 2.02. The van der Waals surface area contributed by atoms with Crippen molar-refractivity contribution in [3.63, 3.8) is 0 Å². The van der Waals surface area contributed by atoms with Crippen molar-refractivity contribution in [3.05, 3.63) is 20.4 Å². The van der Waals surface area contributed by atoms with Crippen molar-refractivity contribution in [2.75, 3.05) is 25.0 Å². The van der Waals surface area contributed by atoms with Gasteiger partial charge in [0, 0.05) is 32.5 Å². The Morgan fingerprint density at radius 3 is 2.44 bits per heavy atom. The van der Waals surface area contributed by atoms with Crippen LogP contribution in [0.25, 0.3) is 0 Å². The zero-order chi connectivity index (χ0) is 18.8. The molecule has 2 amide bonds. The summed E-state index contributed by atoms with van der Waals surface area (Å²) in [6.07, 6.45) is 3.00. The first-order chi connectivity index (χ1) is 11.9. The standard InChI is InChI=1S/C16H26BN3O5/c1-2-8-18-11(21)6-7-12(22)20(25)10-5-3-4-9-19-14-13(17)15(23)16(14)24/h19,25H,2-10,17H2,1H3,(H,18,21). The molecule has 25 heavy (non-hydrogen) atoms. The van der Waals surface area contributed by atoms with Crippen LogP contribution in [-0.2, 0) is 9.59 Å². The summed E-state index contributed by atoms with van der Waals surface area (Å²) in [6, 6.07) is 0. The second kappa shape index (κ2) is 10.7. The van der Waals surface area contributed by atoms with Gasteiger partial charge < -0.3 is 10.6 Å². The van der Waals surface area contributed by atoms with E-state index in [4.69, 9.17) is 0 Å². The fraction of sp³-hybridized carbons (Fsp3) is 0.625. The number of rotatable bonds is 12. The molecule has 0 saturated heterocycles. The lowest BCUT2D eigenvalue weighted by Gasteiger charge is -2.15. The SMILES string of the molecule is Bc1c(NCCCCCN(O)C(=O)CCC(=O)NCCC)c(=O)c1=O. The molecule has 0 aliphatic heterocycles. The molecule has 0 aromatic heterocycles. The van der Waals surface area contributed by atoms with Crippen molar-refractivity contribution >= 4 is 30.8 Å². The van der Waals surface area contributed by atoms with Crippen LogP contribution >= 0.6 is 0 Å². The Morgan fingerprint density at radius 1 is 1.08 bits per heavy atom. The summed E-state index contributed by atoms with van der Waals surface area (Å²) in [6.45, 7) is 3.29. The molecule has 8 nitrogen and oxygen atoms in total. The Bertz CT molecular complexity index is 654. The van der Waals surface area contributed by atoms with Crippen molar-refractivity contribution in [1.29, 1.82) is 0 Å². The number of anilines is 1. The zero-order valence-electron chi connectivity index (χ0n) is 14.9. The summed E-state index contributed by atoms with van der Waals surface area (Å²) in [5, 5.41) is 15.9. The van der Waals surface area contributed by atoms with Gasteiger partial charge in [-0.2, -0.15) is 0 Å². The van der Waals surface area contributed by atoms with Gasteiger partial charge in [-0.1, -0.05) is 6.92 Å². The highest BCUT2D eigenvalue weighted by molar-refractivity contribution is 6.36. The average Bonchev–Trinajstić information content (AvgIpc) is 2.62. The largest absolute Gasteiger partial charge is 0.382 e. The topological polar surface area (TPSA) is 116 Å². The van der Waals surface area contributed by atoms with E-state index in [9.17, 15) is 24.4 Å². The van der Waals surface area contributed by atoms with Gasteiger partial charge in [-0.25, -0.2) is 5.06 Å². The quantitative estimate of drug-likeness (QED) is 0.141. The third-order valence-electron chi connectivity index (χ3n) is 3.92. The molecule has 0 heterocycles. The Labute approximate surface area is 147 Å². The molecule has 0 bridgehead atoms. The van der Waals surface area contributed by atoms with E-state index >= 15 is 0 Å². The van der Waals surface area contributed by atoms with Crippen LogP contribution in [0.3, 0.4) is 0 Å².